The number of carbonyl (C=O) groups is 2. The van der Waals surface area contributed by atoms with Gasteiger partial charge in [0.2, 0.25) is 0 Å². The molecule has 2 aliphatic carbocycles. The van der Waals surface area contributed by atoms with Gasteiger partial charge in [-0.15, -0.1) is 5.11 Å². The molecule has 2 bridgehead atoms. The van der Waals surface area contributed by atoms with Crippen LogP contribution in [-0.4, -0.2) is 23.9 Å². The normalized spacial score (nSPS) is 37.6. The van der Waals surface area contributed by atoms with Gasteiger partial charge in [-0.25, -0.2) is 0 Å². The Kier molecular flexibility index (Phi) is 3.21. The zero-order valence-electron chi connectivity index (χ0n) is 11.1. The zero-order valence-corrected chi connectivity index (χ0v) is 11.1. The quantitative estimate of drug-likeness (QED) is 0.842. The van der Waals surface area contributed by atoms with E-state index in [4.69, 9.17) is 0 Å². The summed E-state index contributed by atoms with van der Waals surface area (Å²) in [5.41, 5.74) is 0. The van der Waals surface area contributed by atoms with Gasteiger partial charge in [-0.2, -0.15) is 5.11 Å². The third-order valence-electron chi connectivity index (χ3n) is 4.78. The molecule has 0 radical (unpaired) electrons. The third-order valence-corrected chi connectivity index (χ3v) is 4.78. The molecule has 1 aliphatic heterocycles. The van der Waals surface area contributed by atoms with Crippen molar-refractivity contribution in [3.8, 4) is 0 Å². The lowest BCUT2D eigenvalue weighted by Gasteiger charge is -2.29. The summed E-state index contributed by atoms with van der Waals surface area (Å²) in [6, 6.07) is -0.456. The van der Waals surface area contributed by atoms with Gasteiger partial charge >= 0.3 is 0 Å². The summed E-state index contributed by atoms with van der Waals surface area (Å²) in [6.07, 6.45) is 8.07. The van der Waals surface area contributed by atoms with Crippen LogP contribution in [0.15, 0.2) is 22.4 Å². The lowest BCUT2D eigenvalue weighted by Crippen LogP contribution is -2.44. The van der Waals surface area contributed by atoms with Gasteiger partial charge in [-0.1, -0.05) is 6.42 Å². The first kappa shape index (κ1) is 12.5. The number of fused-ring (bicyclic) bond motifs is 2. The minimum absolute atomic E-state index is 0.150. The Labute approximate surface area is 112 Å². The summed E-state index contributed by atoms with van der Waals surface area (Å²) in [7, 11) is 0. The molecule has 3 aliphatic rings. The van der Waals surface area contributed by atoms with Crippen molar-refractivity contribution in [1.82, 2.24) is 5.32 Å². The van der Waals surface area contributed by atoms with Crippen LogP contribution in [0.4, 0.5) is 0 Å². The first-order valence-electron chi connectivity index (χ1n) is 7.07. The molecule has 0 saturated heterocycles. The molecular weight excluding hydrogens is 242 g/mol. The molecule has 5 heteroatoms. The van der Waals surface area contributed by atoms with Crippen molar-refractivity contribution in [3.63, 3.8) is 0 Å². The molecule has 5 atom stereocenters. The van der Waals surface area contributed by atoms with E-state index in [9.17, 15) is 9.59 Å². The number of amides is 2. The Balaban J connectivity index is 1.56. The third kappa shape index (κ3) is 2.46. The van der Waals surface area contributed by atoms with Crippen molar-refractivity contribution in [2.24, 2.45) is 28.0 Å². The van der Waals surface area contributed by atoms with Crippen LogP contribution < -0.4 is 5.32 Å². The van der Waals surface area contributed by atoms with E-state index in [0.29, 0.717) is 5.92 Å². The van der Waals surface area contributed by atoms with Gasteiger partial charge in [0.25, 0.3) is 11.8 Å². The fourth-order valence-corrected chi connectivity index (χ4v) is 3.83. The number of nitrogens with one attached hydrogen (secondary N) is 1. The maximum atomic E-state index is 12.1. The van der Waals surface area contributed by atoms with Crippen LogP contribution in [0.25, 0.3) is 0 Å². The molecule has 2 saturated carbocycles. The van der Waals surface area contributed by atoms with Crippen LogP contribution in [-0.2, 0) is 9.59 Å². The molecule has 5 nitrogen and oxygen atoms in total. The number of hydrogen-bond donors (Lipinski definition) is 1. The van der Waals surface area contributed by atoms with Gasteiger partial charge in [0, 0.05) is 12.1 Å². The summed E-state index contributed by atoms with van der Waals surface area (Å²) < 4.78 is 0. The minimum Gasteiger partial charge on any atom is -0.351 e. The van der Waals surface area contributed by atoms with Gasteiger partial charge in [-0.05, 0) is 50.0 Å². The fraction of sp³-hybridized carbons (Fsp3) is 0.714. The summed E-state index contributed by atoms with van der Waals surface area (Å²) >= 11 is 0. The average molecular weight is 261 g/mol. The number of carbonyl (C=O) groups excluding carboxylic acids is 2. The van der Waals surface area contributed by atoms with E-state index in [1.165, 1.54) is 37.8 Å². The standard InChI is InChI=1S/C14H19N3O2/c1-8(11-7-9-2-3-10(11)6-9)15-14(19)12-4-5-13(18)17-16-12/h4-5,8-12H,2-3,6-7H2,1H3,(H,15,19). The highest BCUT2D eigenvalue weighted by molar-refractivity contribution is 5.92. The molecule has 1 N–H and O–H groups in total. The summed E-state index contributed by atoms with van der Waals surface area (Å²) in [5.74, 6) is 1.72. The molecule has 5 unspecified atom stereocenters. The predicted molar refractivity (Wildman–Crippen MR) is 69.3 cm³/mol. The Morgan fingerprint density at radius 3 is 2.84 bits per heavy atom. The van der Waals surface area contributed by atoms with Crippen molar-refractivity contribution in [2.45, 2.75) is 44.7 Å². The van der Waals surface area contributed by atoms with Crippen LogP contribution in [0.3, 0.4) is 0 Å². The largest absolute Gasteiger partial charge is 0.351 e. The molecule has 0 spiro atoms. The summed E-state index contributed by atoms with van der Waals surface area (Å²) in [5, 5.41) is 10.2. The van der Waals surface area contributed by atoms with E-state index in [1.807, 2.05) is 0 Å². The monoisotopic (exact) mass is 261 g/mol. The van der Waals surface area contributed by atoms with Gasteiger partial charge in [-0.3, -0.25) is 9.59 Å². The van der Waals surface area contributed by atoms with E-state index in [0.717, 1.165) is 11.8 Å². The van der Waals surface area contributed by atoms with Crippen molar-refractivity contribution in [2.75, 3.05) is 0 Å². The number of rotatable bonds is 3. The van der Waals surface area contributed by atoms with Gasteiger partial charge < -0.3 is 5.32 Å². The van der Waals surface area contributed by atoms with Gasteiger partial charge in [0.05, 0.1) is 0 Å². The number of hydrogen-bond acceptors (Lipinski definition) is 3. The summed E-state index contributed by atoms with van der Waals surface area (Å²) in [4.78, 5) is 22.9. The molecular formula is C14H19N3O2. The van der Waals surface area contributed by atoms with Crippen LogP contribution in [0.1, 0.15) is 32.6 Å². The average Bonchev–Trinajstić information content (AvgIpc) is 3.01. The second-order valence-electron chi connectivity index (χ2n) is 5.99. The maximum absolute atomic E-state index is 12.1. The van der Waals surface area contributed by atoms with Crippen LogP contribution in [0.5, 0.6) is 0 Å². The van der Waals surface area contributed by atoms with Crippen molar-refractivity contribution >= 4 is 11.8 Å². The summed E-state index contributed by atoms with van der Waals surface area (Å²) in [6.45, 7) is 2.08. The van der Waals surface area contributed by atoms with Crippen LogP contribution in [0, 0.1) is 17.8 Å². The maximum Gasteiger partial charge on any atom is 0.287 e. The molecule has 3 rings (SSSR count). The molecule has 0 aromatic rings. The predicted octanol–water partition coefficient (Wildman–Crippen LogP) is 1.84. The Morgan fingerprint density at radius 2 is 2.26 bits per heavy atom. The SMILES string of the molecule is CC(NC(=O)C1C=CC(=O)N=N1)C1CC2CCC1C2. The molecule has 0 aromatic carbocycles. The topological polar surface area (TPSA) is 70.9 Å². The van der Waals surface area contributed by atoms with Crippen LogP contribution >= 0.6 is 0 Å². The van der Waals surface area contributed by atoms with E-state index in [-0.39, 0.29) is 11.9 Å². The van der Waals surface area contributed by atoms with E-state index in [1.54, 1.807) is 0 Å². The first-order chi connectivity index (χ1) is 9.13. The molecule has 102 valence electrons. The second-order valence-corrected chi connectivity index (χ2v) is 5.99. The molecule has 0 aromatic heterocycles. The Bertz CT molecular complexity index is 442. The lowest BCUT2D eigenvalue weighted by molar-refractivity contribution is -0.122. The van der Waals surface area contributed by atoms with Crippen molar-refractivity contribution < 1.29 is 9.59 Å². The number of nitrogens with zero attached hydrogens (tertiary/aromatic N) is 2. The smallest absolute Gasteiger partial charge is 0.287 e. The first-order valence-corrected chi connectivity index (χ1v) is 7.07. The van der Waals surface area contributed by atoms with Crippen molar-refractivity contribution in [1.29, 1.82) is 0 Å². The molecule has 19 heavy (non-hydrogen) atoms. The minimum atomic E-state index is -0.640. The molecule has 2 fully saturated rings. The highest BCUT2D eigenvalue weighted by Crippen LogP contribution is 2.49. The second kappa shape index (κ2) is 4.87. The number of azo groups is 1. The Morgan fingerprint density at radius 1 is 1.42 bits per heavy atom. The molecule has 1 heterocycles. The van der Waals surface area contributed by atoms with E-state index >= 15 is 0 Å². The van der Waals surface area contributed by atoms with Gasteiger partial charge in [0.15, 0.2) is 6.04 Å². The molecule has 2 amide bonds. The van der Waals surface area contributed by atoms with E-state index in [2.05, 4.69) is 22.5 Å². The van der Waals surface area contributed by atoms with Gasteiger partial charge in [0.1, 0.15) is 0 Å². The zero-order chi connectivity index (χ0) is 13.4. The highest BCUT2D eigenvalue weighted by atomic mass is 16.2. The van der Waals surface area contributed by atoms with Crippen molar-refractivity contribution in [3.05, 3.63) is 12.2 Å². The Hall–Kier alpha value is -1.52. The lowest BCUT2D eigenvalue weighted by atomic mass is 9.84. The van der Waals surface area contributed by atoms with Crippen LogP contribution in [0.2, 0.25) is 0 Å². The fourth-order valence-electron chi connectivity index (χ4n) is 3.83. The highest BCUT2D eigenvalue weighted by Gasteiger charge is 2.42. The van der Waals surface area contributed by atoms with E-state index < -0.39 is 11.9 Å².